The molecule has 0 unspecified atom stereocenters. The lowest BCUT2D eigenvalue weighted by atomic mass is 10.5. The van der Waals surface area contributed by atoms with E-state index in [1.165, 1.54) is 0 Å². The SMILES string of the molecule is COCCCOCCn1cnc(C=O)c1. The quantitative estimate of drug-likeness (QED) is 0.471. The molecule has 0 saturated heterocycles. The van der Waals surface area contributed by atoms with E-state index in [0.717, 1.165) is 19.3 Å². The van der Waals surface area contributed by atoms with E-state index in [2.05, 4.69) is 4.98 Å². The van der Waals surface area contributed by atoms with Gasteiger partial charge < -0.3 is 14.0 Å². The van der Waals surface area contributed by atoms with Gasteiger partial charge in [0.05, 0.1) is 12.9 Å². The number of ether oxygens (including phenoxy) is 2. The lowest BCUT2D eigenvalue weighted by molar-refractivity contribution is 0.0976. The second kappa shape index (κ2) is 7.14. The van der Waals surface area contributed by atoms with Gasteiger partial charge in [0.1, 0.15) is 5.69 Å². The summed E-state index contributed by atoms with van der Waals surface area (Å²) >= 11 is 0. The third-order valence-electron chi connectivity index (χ3n) is 1.90. The largest absolute Gasteiger partial charge is 0.385 e. The Morgan fingerprint density at radius 1 is 1.47 bits per heavy atom. The summed E-state index contributed by atoms with van der Waals surface area (Å²) in [5, 5.41) is 0. The molecular formula is C10H16N2O3. The van der Waals surface area contributed by atoms with Crippen molar-refractivity contribution in [2.45, 2.75) is 13.0 Å². The van der Waals surface area contributed by atoms with Crippen LogP contribution in [-0.2, 0) is 16.0 Å². The van der Waals surface area contributed by atoms with Crippen molar-refractivity contribution in [3.8, 4) is 0 Å². The first kappa shape index (κ1) is 11.9. The van der Waals surface area contributed by atoms with Gasteiger partial charge in [-0.25, -0.2) is 4.98 Å². The van der Waals surface area contributed by atoms with Crippen molar-refractivity contribution in [2.24, 2.45) is 0 Å². The molecule has 0 bridgehead atoms. The third-order valence-corrected chi connectivity index (χ3v) is 1.90. The van der Waals surface area contributed by atoms with Crippen molar-refractivity contribution < 1.29 is 14.3 Å². The number of imidazole rings is 1. The normalized spacial score (nSPS) is 10.5. The fourth-order valence-electron chi connectivity index (χ4n) is 1.14. The number of aldehydes is 1. The highest BCUT2D eigenvalue weighted by Gasteiger charge is 1.96. The summed E-state index contributed by atoms with van der Waals surface area (Å²) in [5.74, 6) is 0. The summed E-state index contributed by atoms with van der Waals surface area (Å²) in [6, 6.07) is 0. The van der Waals surface area contributed by atoms with E-state index in [9.17, 15) is 4.79 Å². The Morgan fingerprint density at radius 2 is 2.33 bits per heavy atom. The number of hydrogen-bond donors (Lipinski definition) is 0. The smallest absolute Gasteiger partial charge is 0.169 e. The second-order valence-electron chi connectivity index (χ2n) is 3.11. The van der Waals surface area contributed by atoms with Gasteiger partial charge in [0.25, 0.3) is 0 Å². The molecule has 0 atom stereocenters. The Morgan fingerprint density at radius 3 is 3.00 bits per heavy atom. The van der Waals surface area contributed by atoms with Gasteiger partial charge in [0.15, 0.2) is 6.29 Å². The van der Waals surface area contributed by atoms with Crippen molar-refractivity contribution in [3.63, 3.8) is 0 Å². The Kier molecular flexibility index (Phi) is 5.65. The minimum Gasteiger partial charge on any atom is -0.385 e. The van der Waals surface area contributed by atoms with E-state index in [1.807, 2.05) is 4.57 Å². The summed E-state index contributed by atoms with van der Waals surface area (Å²) in [5.41, 5.74) is 0.453. The van der Waals surface area contributed by atoms with Crippen LogP contribution < -0.4 is 0 Å². The molecular weight excluding hydrogens is 196 g/mol. The maximum Gasteiger partial charge on any atom is 0.169 e. The van der Waals surface area contributed by atoms with Gasteiger partial charge in [-0.15, -0.1) is 0 Å². The van der Waals surface area contributed by atoms with E-state index >= 15 is 0 Å². The zero-order chi connectivity index (χ0) is 10.9. The minimum absolute atomic E-state index is 0.453. The van der Waals surface area contributed by atoms with Crippen LogP contribution in [0.1, 0.15) is 16.9 Å². The highest BCUT2D eigenvalue weighted by molar-refractivity contribution is 5.70. The molecule has 0 spiro atoms. The molecule has 5 heteroatoms. The molecule has 0 fully saturated rings. The molecule has 0 aliphatic carbocycles. The fourth-order valence-corrected chi connectivity index (χ4v) is 1.14. The topological polar surface area (TPSA) is 53.4 Å². The highest BCUT2D eigenvalue weighted by atomic mass is 16.5. The minimum atomic E-state index is 0.453. The van der Waals surface area contributed by atoms with E-state index in [4.69, 9.17) is 9.47 Å². The molecule has 84 valence electrons. The van der Waals surface area contributed by atoms with E-state index < -0.39 is 0 Å². The number of carbonyl (C=O) groups excluding carboxylic acids is 1. The van der Waals surface area contributed by atoms with Crippen LogP contribution >= 0.6 is 0 Å². The zero-order valence-electron chi connectivity index (χ0n) is 8.89. The van der Waals surface area contributed by atoms with E-state index in [0.29, 0.717) is 25.5 Å². The van der Waals surface area contributed by atoms with Crippen LogP contribution in [0.4, 0.5) is 0 Å². The average Bonchev–Trinajstić information content (AvgIpc) is 2.71. The fraction of sp³-hybridized carbons (Fsp3) is 0.600. The number of rotatable bonds is 8. The Balaban J connectivity index is 2.07. The molecule has 5 nitrogen and oxygen atoms in total. The van der Waals surface area contributed by atoms with Crippen LogP contribution in [0, 0.1) is 0 Å². The van der Waals surface area contributed by atoms with Crippen molar-refractivity contribution >= 4 is 6.29 Å². The number of carbonyl (C=O) groups is 1. The Labute approximate surface area is 89.0 Å². The predicted molar refractivity (Wildman–Crippen MR) is 54.9 cm³/mol. The molecule has 0 amide bonds. The van der Waals surface area contributed by atoms with Crippen LogP contribution in [0.15, 0.2) is 12.5 Å². The Bertz CT molecular complexity index is 286. The number of aromatic nitrogens is 2. The lowest BCUT2D eigenvalue weighted by Gasteiger charge is -2.04. The first-order chi connectivity index (χ1) is 7.36. The molecule has 0 aliphatic heterocycles. The van der Waals surface area contributed by atoms with Gasteiger partial charge >= 0.3 is 0 Å². The lowest BCUT2D eigenvalue weighted by Crippen LogP contribution is -2.06. The first-order valence-electron chi connectivity index (χ1n) is 4.90. The summed E-state index contributed by atoms with van der Waals surface area (Å²) in [6.07, 6.45) is 4.96. The van der Waals surface area contributed by atoms with Gasteiger partial charge in [-0.05, 0) is 6.42 Å². The molecule has 1 aromatic rings. The summed E-state index contributed by atoms with van der Waals surface area (Å²) in [4.78, 5) is 14.2. The third kappa shape index (κ3) is 4.71. The maximum atomic E-state index is 10.3. The van der Waals surface area contributed by atoms with Crippen LogP contribution in [0.2, 0.25) is 0 Å². The molecule has 1 heterocycles. The van der Waals surface area contributed by atoms with Crippen LogP contribution in [0.3, 0.4) is 0 Å². The first-order valence-corrected chi connectivity index (χ1v) is 4.90. The molecule has 0 radical (unpaired) electrons. The summed E-state index contributed by atoms with van der Waals surface area (Å²) in [7, 11) is 1.67. The predicted octanol–water partition coefficient (Wildman–Crippen LogP) is 0.749. The highest BCUT2D eigenvalue weighted by Crippen LogP contribution is 1.93. The van der Waals surface area contributed by atoms with Crippen molar-refractivity contribution in [1.82, 2.24) is 9.55 Å². The van der Waals surface area contributed by atoms with Gasteiger partial charge in [0, 0.05) is 33.1 Å². The van der Waals surface area contributed by atoms with Gasteiger partial charge in [-0.3, -0.25) is 4.79 Å². The molecule has 1 aromatic heterocycles. The number of nitrogens with zero attached hydrogens (tertiary/aromatic N) is 2. The zero-order valence-corrected chi connectivity index (χ0v) is 8.89. The summed E-state index contributed by atoms with van der Waals surface area (Å²) < 4.78 is 12.1. The van der Waals surface area contributed by atoms with E-state index in [1.54, 1.807) is 19.6 Å². The number of methoxy groups -OCH3 is 1. The summed E-state index contributed by atoms with van der Waals surface area (Å²) in [6.45, 7) is 2.76. The standard InChI is InChI=1S/C10H16N2O3/c1-14-4-2-5-15-6-3-12-7-10(8-13)11-9-12/h7-9H,2-6H2,1H3. The maximum absolute atomic E-state index is 10.3. The molecule has 0 saturated carbocycles. The van der Waals surface area contributed by atoms with Crippen LogP contribution in [0.5, 0.6) is 0 Å². The monoisotopic (exact) mass is 212 g/mol. The van der Waals surface area contributed by atoms with Gasteiger partial charge in [-0.1, -0.05) is 0 Å². The molecule has 0 aromatic carbocycles. The molecule has 15 heavy (non-hydrogen) atoms. The van der Waals surface area contributed by atoms with Crippen LogP contribution in [-0.4, -0.2) is 42.8 Å². The Hall–Kier alpha value is -1.20. The number of hydrogen-bond acceptors (Lipinski definition) is 4. The van der Waals surface area contributed by atoms with Crippen molar-refractivity contribution in [1.29, 1.82) is 0 Å². The van der Waals surface area contributed by atoms with E-state index in [-0.39, 0.29) is 0 Å². The van der Waals surface area contributed by atoms with Gasteiger partial charge in [-0.2, -0.15) is 0 Å². The molecule has 0 N–H and O–H groups in total. The van der Waals surface area contributed by atoms with Gasteiger partial charge in [0.2, 0.25) is 0 Å². The average molecular weight is 212 g/mol. The van der Waals surface area contributed by atoms with Crippen molar-refractivity contribution in [2.75, 3.05) is 26.9 Å². The second-order valence-corrected chi connectivity index (χ2v) is 3.11. The molecule has 0 aliphatic rings. The van der Waals surface area contributed by atoms with Crippen LogP contribution in [0.25, 0.3) is 0 Å². The molecule has 1 rings (SSSR count). The van der Waals surface area contributed by atoms with Crippen molar-refractivity contribution in [3.05, 3.63) is 18.2 Å².